The van der Waals surface area contributed by atoms with Gasteiger partial charge in [0.2, 0.25) is 0 Å². The van der Waals surface area contributed by atoms with Gasteiger partial charge in [0.05, 0.1) is 34.5 Å². The fraction of sp³-hybridized carbons (Fsp3) is 0.182. The molecular formula is C22H20N2O6S. The third-order valence-corrected chi connectivity index (χ3v) is 7.00. The first-order chi connectivity index (χ1) is 14.7. The third-order valence-electron chi connectivity index (χ3n) is 5.20. The van der Waals surface area contributed by atoms with Crippen LogP contribution in [-0.4, -0.2) is 53.5 Å². The number of para-hydroxylation sites is 1. The molecule has 2 aromatic carbocycles. The second-order valence-corrected chi connectivity index (χ2v) is 9.38. The first kappa shape index (κ1) is 21.0. The molecule has 3 N–H and O–H groups in total. The number of hydrogen-bond acceptors (Lipinski definition) is 6. The zero-order valence-corrected chi connectivity index (χ0v) is 17.4. The van der Waals surface area contributed by atoms with E-state index in [-0.39, 0.29) is 21.6 Å². The lowest BCUT2D eigenvalue weighted by atomic mass is 9.96. The van der Waals surface area contributed by atoms with E-state index in [1.807, 2.05) is 35.9 Å². The van der Waals surface area contributed by atoms with E-state index in [4.69, 9.17) is 5.11 Å². The smallest absolute Gasteiger partial charge is 0.259 e. The molecule has 1 aliphatic rings. The number of fused-ring (bicyclic) bond motifs is 1. The Labute approximate surface area is 178 Å². The van der Waals surface area contributed by atoms with Crippen LogP contribution in [0.15, 0.2) is 59.6 Å². The van der Waals surface area contributed by atoms with Gasteiger partial charge in [-0.25, -0.2) is 8.42 Å². The van der Waals surface area contributed by atoms with E-state index in [1.54, 1.807) is 12.3 Å². The Balaban J connectivity index is 1.90. The molecule has 1 aliphatic heterocycles. The maximum Gasteiger partial charge on any atom is 0.259 e. The van der Waals surface area contributed by atoms with Crippen LogP contribution < -0.4 is 5.32 Å². The van der Waals surface area contributed by atoms with Gasteiger partial charge in [0.15, 0.2) is 9.84 Å². The number of nitrogens with zero attached hydrogens (tertiary/aromatic N) is 1. The van der Waals surface area contributed by atoms with Gasteiger partial charge >= 0.3 is 0 Å². The molecular weight excluding hydrogens is 420 g/mol. The predicted molar refractivity (Wildman–Crippen MR) is 114 cm³/mol. The molecule has 160 valence electrons. The van der Waals surface area contributed by atoms with Crippen molar-refractivity contribution in [2.24, 2.45) is 7.05 Å². The first-order valence-electron chi connectivity index (χ1n) is 9.49. The molecule has 0 spiro atoms. The molecule has 2 amide bonds. The van der Waals surface area contributed by atoms with Crippen LogP contribution in [0.5, 0.6) is 0 Å². The van der Waals surface area contributed by atoms with E-state index in [1.165, 1.54) is 18.2 Å². The number of amides is 2. The number of aryl methyl sites for hydroxylation is 1. The number of imide groups is 1. The van der Waals surface area contributed by atoms with Gasteiger partial charge in [-0.2, -0.15) is 0 Å². The zero-order valence-electron chi connectivity index (χ0n) is 16.6. The van der Waals surface area contributed by atoms with Crippen LogP contribution in [0.3, 0.4) is 0 Å². The monoisotopic (exact) mass is 440 g/mol. The minimum absolute atomic E-state index is 0.0844. The maximum atomic E-state index is 12.7. The summed E-state index contributed by atoms with van der Waals surface area (Å²) in [5, 5.41) is 21.6. The lowest BCUT2D eigenvalue weighted by Gasteiger charge is -2.10. The van der Waals surface area contributed by atoms with Gasteiger partial charge in [-0.05, 0) is 23.8 Å². The van der Waals surface area contributed by atoms with Gasteiger partial charge in [0.1, 0.15) is 0 Å². The molecule has 3 aromatic rings. The summed E-state index contributed by atoms with van der Waals surface area (Å²) in [5.74, 6) is -1.83. The molecule has 0 saturated carbocycles. The largest absolute Gasteiger partial charge is 0.394 e. The lowest BCUT2D eigenvalue weighted by Crippen LogP contribution is -2.24. The minimum Gasteiger partial charge on any atom is -0.394 e. The molecule has 0 aliphatic carbocycles. The summed E-state index contributed by atoms with van der Waals surface area (Å²) >= 11 is 0. The average molecular weight is 440 g/mol. The molecule has 9 heteroatoms. The Hall–Kier alpha value is -3.27. The van der Waals surface area contributed by atoms with E-state index in [0.29, 0.717) is 5.56 Å². The molecule has 0 radical (unpaired) electrons. The number of nitrogens with one attached hydrogen (secondary N) is 1. The van der Waals surface area contributed by atoms with Crippen LogP contribution in [-0.2, 0) is 26.5 Å². The molecule has 0 fully saturated rings. The van der Waals surface area contributed by atoms with Crippen molar-refractivity contribution < 1.29 is 28.2 Å². The summed E-state index contributed by atoms with van der Waals surface area (Å²) in [5.41, 5.74) is 1.98. The normalized spacial score (nSPS) is 15.6. The van der Waals surface area contributed by atoms with Crippen molar-refractivity contribution in [2.75, 3.05) is 12.4 Å². The number of benzene rings is 2. The number of carbonyl (C=O) groups is 2. The van der Waals surface area contributed by atoms with Crippen molar-refractivity contribution in [2.45, 2.75) is 11.0 Å². The molecule has 1 aromatic heterocycles. The van der Waals surface area contributed by atoms with Gasteiger partial charge in [-0.3, -0.25) is 14.9 Å². The Bertz CT molecular complexity index is 1350. The number of sulfone groups is 1. The summed E-state index contributed by atoms with van der Waals surface area (Å²) in [6.07, 6.45) is 0.339. The van der Waals surface area contributed by atoms with E-state index in [0.717, 1.165) is 10.9 Å². The third kappa shape index (κ3) is 3.67. The van der Waals surface area contributed by atoms with Gasteiger partial charge in [-0.1, -0.05) is 30.3 Å². The highest BCUT2D eigenvalue weighted by atomic mass is 32.2. The van der Waals surface area contributed by atoms with Gasteiger partial charge < -0.3 is 14.8 Å². The second-order valence-electron chi connectivity index (χ2n) is 7.35. The Morgan fingerprint density at radius 1 is 1.03 bits per heavy atom. The van der Waals surface area contributed by atoms with Crippen LogP contribution in [0.2, 0.25) is 0 Å². The van der Waals surface area contributed by atoms with E-state index in [2.05, 4.69) is 5.32 Å². The van der Waals surface area contributed by atoms with Gasteiger partial charge in [0.25, 0.3) is 11.8 Å². The first-order valence-corrected chi connectivity index (χ1v) is 11.1. The Morgan fingerprint density at radius 2 is 1.74 bits per heavy atom. The number of aliphatic hydroxyl groups is 2. The fourth-order valence-corrected chi connectivity index (χ4v) is 5.17. The predicted octanol–water partition coefficient (Wildman–Crippen LogP) is 0.872. The molecule has 0 bridgehead atoms. The Kier molecular flexibility index (Phi) is 5.26. The minimum atomic E-state index is -3.92. The lowest BCUT2D eigenvalue weighted by molar-refractivity contribution is -0.122. The van der Waals surface area contributed by atoms with Crippen LogP contribution in [0.25, 0.3) is 22.0 Å². The van der Waals surface area contributed by atoms with Crippen LogP contribution in [0.4, 0.5) is 0 Å². The quantitative estimate of drug-likeness (QED) is 0.489. The average Bonchev–Trinajstić information content (AvgIpc) is 3.23. The van der Waals surface area contributed by atoms with E-state index < -0.39 is 40.1 Å². The van der Waals surface area contributed by atoms with Crippen LogP contribution in [0, 0.1) is 0 Å². The number of carbonyl (C=O) groups excluding carboxylic acids is 2. The number of aromatic nitrogens is 1. The Morgan fingerprint density at radius 3 is 2.48 bits per heavy atom. The van der Waals surface area contributed by atoms with Crippen LogP contribution in [0.1, 0.15) is 11.1 Å². The second kappa shape index (κ2) is 7.77. The van der Waals surface area contributed by atoms with Gasteiger partial charge in [-0.15, -0.1) is 0 Å². The molecule has 0 unspecified atom stereocenters. The summed E-state index contributed by atoms with van der Waals surface area (Å²) in [4.78, 5) is 25.3. The van der Waals surface area contributed by atoms with Crippen molar-refractivity contribution in [3.8, 4) is 0 Å². The topological polar surface area (TPSA) is 126 Å². The number of rotatable bonds is 6. The standard InChI is InChI=1S/C22H20N2O6S/c1-24-10-17(16-7-2-3-8-18(16)24)20-19(21(27)23-22(20)28)13-5-4-6-15(9-13)31(29,30)12-14(26)11-25/h2-10,14,25-26H,11-12H2,1H3,(H,23,27,28)/t14-/m1/s1. The van der Waals surface area contributed by atoms with Crippen LogP contribution >= 0.6 is 0 Å². The fourth-order valence-electron chi connectivity index (χ4n) is 3.78. The number of hydrogen-bond donors (Lipinski definition) is 3. The molecule has 8 nitrogen and oxygen atoms in total. The van der Waals surface area contributed by atoms with E-state index >= 15 is 0 Å². The molecule has 31 heavy (non-hydrogen) atoms. The van der Waals surface area contributed by atoms with Crippen molar-refractivity contribution in [3.63, 3.8) is 0 Å². The highest BCUT2D eigenvalue weighted by molar-refractivity contribution is 7.91. The van der Waals surface area contributed by atoms with E-state index in [9.17, 15) is 23.1 Å². The SMILES string of the molecule is Cn1cc(C2=C(c3cccc(S(=O)(=O)C[C@H](O)CO)c3)C(=O)NC2=O)c2ccccc21. The summed E-state index contributed by atoms with van der Waals surface area (Å²) in [6, 6.07) is 13.1. The summed E-state index contributed by atoms with van der Waals surface area (Å²) in [7, 11) is -2.09. The highest BCUT2D eigenvalue weighted by Gasteiger charge is 2.34. The van der Waals surface area contributed by atoms with Gasteiger partial charge in [0, 0.05) is 29.7 Å². The molecule has 0 saturated heterocycles. The van der Waals surface area contributed by atoms with Crippen molar-refractivity contribution in [1.82, 2.24) is 9.88 Å². The highest BCUT2D eigenvalue weighted by Crippen LogP contribution is 2.36. The summed E-state index contributed by atoms with van der Waals surface area (Å²) < 4.78 is 27.0. The molecule has 4 rings (SSSR count). The van der Waals surface area contributed by atoms with Crippen molar-refractivity contribution in [1.29, 1.82) is 0 Å². The molecule has 1 atom stereocenters. The molecule has 2 heterocycles. The maximum absolute atomic E-state index is 12.7. The zero-order chi connectivity index (χ0) is 22.3. The van der Waals surface area contributed by atoms with Crippen molar-refractivity contribution >= 4 is 43.7 Å². The number of aliphatic hydroxyl groups excluding tert-OH is 2. The van der Waals surface area contributed by atoms with Crippen molar-refractivity contribution in [3.05, 3.63) is 65.9 Å². The summed E-state index contributed by atoms with van der Waals surface area (Å²) in [6.45, 7) is -0.688.